The van der Waals surface area contributed by atoms with E-state index < -0.39 is 0 Å². The number of likely N-dealkylation sites (tertiary alicyclic amines) is 1. The summed E-state index contributed by atoms with van der Waals surface area (Å²) in [6.45, 7) is 1.95. The number of benzene rings is 2. The van der Waals surface area contributed by atoms with Gasteiger partial charge in [-0.3, -0.25) is 4.99 Å². The second-order valence-electron chi connectivity index (χ2n) is 6.60. The number of halogens is 2. The quantitative estimate of drug-likeness (QED) is 0.376. The SMILES string of the molecule is CN=C(NCc1ccc(F)c(CO)c1)N1CCC(Oc2ccccc2)CC1.I. The van der Waals surface area contributed by atoms with Crippen molar-refractivity contribution in [2.24, 2.45) is 4.99 Å². The number of piperidine rings is 1. The van der Waals surface area contributed by atoms with Crippen molar-refractivity contribution in [2.45, 2.75) is 32.1 Å². The van der Waals surface area contributed by atoms with Crippen molar-refractivity contribution in [2.75, 3.05) is 20.1 Å². The molecule has 0 atom stereocenters. The van der Waals surface area contributed by atoms with Crippen LogP contribution in [0.1, 0.15) is 24.0 Å². The van der Waals surface area contributed by atoms with Gasteiger partial charge in [-0.05, 0) is 29.8 Å². The summed E-state index contributed by atoms with van der Waals surface area (Å²) in [4.78, 5) is 6.57. The zero-order valence-corrected chi connectivity index (χ0v) is 18.3. The van der Waals surface area contributed by atoms with Crippen molar-refractivity contribution in [3.05, 3.63) is 65.5 Å². The Bertz CT molecular complexity index is 766. The van der Waals surface area contributed by atoms with Crippen LogP contribution in [-0.4, -0.2) is 42.2 Å². The average molecular weight is 499 g/mol. The smallest absolute Gasteiger partial charge is 0.193 e. The highest BCUT2D eigenvalue weighted by Gasteiger charge is 2.22. The maximum atomic E-state index is 13.5. The second-order valence-corrected chi connectivity index (χ2v) is 6.60. The lowest BCUT2D eigenvalue weighted by Gasteiger charge is -2.34. The highest BCUT2D eigenvalue weighted by atomic mass is 127. The zero-order valence-electron chi connectivity index (χ0n) is 16.0. The number of nitrogens with zero attached hydrogens (tertiary/aromatic N) is 2. The first-order valence-electron chi connectivity index (χ1n) is 9.25. The lowest BCUT2D eigenvalue weighted by molar-refractivity contribution is 0.129. The molecule has 1 saturated heterocycles. The molecule has 1 heterocycles. The van der Waals surface area contributed by atoms with Crippen LogP contribution in [-0.2, 0) is 13.2 Å². The molecule has 1 fully saturated rings. The molecule has 0 unspecified atom stereocenters. The van der Waals surface area contributed by atoms with Crippen LogP contribution in [0.3, 0.4) is 0 Å². The number of nitrogens with one attached hydrogen (secondary N) is 1. The van der Waals surface area contributed by atoms with E-state index in [1.54, 1.807) is 19.2 Å². The molecule has 28 heavy (non-hydrogen) atoms. The van der Waals surface area contributed by atoms with E-state index in [4.69, 9.17) is 4.74 Å². The molecule has 3 rings (SSSR count). The molecule has 0 aliphatic carbocycles. The lowest BCUT2D eigenvalue weighted by Crippen LogP contribution is -2.47. The Morgan fingerprint density at radius 3 is 2.57 bits per heavy atom. The number of rotatable bonds is 5. The summed E-state index contributed by atoms with van der Waals surface area (Å²) >= 11 is 0. The maximum absolute atomic E-state index is 13.5. The normalized spacial score (nSPS) is 15.1. The Labute approximate surface area is 182 Å². The van der Waals surface area contributed by atoms with E-state index >= 15 is 0 Å². The summed E-state index contributed by atoms with van der Waals surface area (Å²) in [5.74, 6) is 1.35. The first-order valence-corrected chi connectivity index (χ1v) is 9.25. The van der Waals surface area contributed by atoms with Crippen molar-refractivity contribution < 1.29 is 14.2 Å². The number of aliphatic hydroxyl groups excluding tert-OH is 1. The molecule has 0 amide bonds. The third-order valence-corrected chi connectivity index (χ3v) is 4.73. The minimum Gasteiger partial charge on any atom is -0.490 e. The summed E-state index contributed by atoms with van der Waals surface area (Å²) in [5.41, 5.74) is 1.21. The molecule has 0 aromatic heterocycles. The van der Waals surface area contributed by atoms with Gasteiger partial charge in [-0.1, -0.05) is 24.3 Å². The van der Waals surface area contributed by atoms with Crippen molar-refractivity contribution in [1.82, 2.24) is 10.2 Å². The number of hydrogen-bond acceptors (Lipinski definition) is 3. The fourth-order valence-electron chi connectivity index (χ4n) is 3.25. The standard InChI is InChI=1S/C21H26FN3O2.HI/c1-23-21(24-14-16-7-8-20(22)17(13-16)15-26)25-11-9-19(10-12-25)27-18-5-3-2-4-6-18;/h2-8,13,19,26H,9-12,14-15H2,1H3,(H,23,24);1H. The Hall–Kier alpha value is -1.87. The first-order chi connectivity index (χ1) is 13.2. The summed E-state index contributed by atoms with van der Waals surface area (Å²) in [6.07, 6.45) is 2.08. The van der Waals surface area contributed by atoms with Gasteiger partial charge in [0.05, 0.1) is 6.61 Å². The van der Waals surface area contributed by atoms with Crippen molar-refractivity contribution in [1.29, 1.82) is 0 Å². The Morgan fingerprint density at radius 2 is 1.93 bits per heavy atom. The van der Waals surface area contributed by atoms with Crippen molar-refractivity contribution >= 4 is 29.9 Å². The molecule has 0 spiro atoms. The molecular weight excluding hydrogens is 472 g/mol. The van der Waals surface area contributed by atoms with Crippen LogP contribution in [0.25, 0.3) is 0 Å². The number of ether oxygens (including phenoxy) is 1. The third-order valence-electron chi connectivity index (χ3n) is 4.73. The third kappa shape index (κ3) is 6.07. The molecule has 2 aromatic carbocycles. The molecule has 0 bridgehead atoms. The van der Waals surface area contributed by atoms with Gasteiger partial charge in [0.15, 0.2) is 5.96 Å². The van der Waals surface area contributed by atoms with E-state index in [0.29, 0.717) is 12.1 Å². The van der Waals surface area contributed by atoms with E-state index in [-0.39, 0.29) is 42.5 Å². The monoisotopic (exact) mass is 499 g/mol. The number of hydrogen-bond donors (Lipinski definition) is 2. The van der Waals surface area contributed by atoms with Crippen LogP contribution in [0.2, 0.25) is 0 Å². The molecule has 1 aliphatic heterocycles. The number of para-hydroxylation sites is 1. The predicted molar refractivity (Wildman–Crippen MR) is 120 cm³/mol. The van der Waals surface area contributed by atoms with Crippen LogP contribution in [0.4, 0.5) is 4.39 Å². The van der Waals surface area contributed by atoms with Gasteiger partial charge in [0.1, 0.15) is 17.7 Å². The van der Waals surface area contributed by atoms with Crippen LogP contribution in [0.15, 0.2) is 53.5 Å². The number of aliphatic hydroxyl groups is 1. The Kier molecular flexibility index (Phi) is 8.98. The van der Waals surface area contributed by atoms with Gasteiger partial charge < -0.3 is 20.1 Å². The van der Waals surface area contributed by atoms with Crippen LogP contribution >= 0.6 is 24.0 Å². The lowest BCUT2D eigenvalue weighted by atomic mass is 10.1. The summed E-state index contributed by atoms with van der Waals surface area (Å²) in [7, 11) is 1.76. The predicted octanol–water partition coefficient (Wildman–Crippen LogP) is 3.55. The van der Waals surface area contributed by atoms with Crippen LogP contribution in [0.5, 0.6) is 5.75 Å². The van der Waals surface area contributed by atoms with Gasteiger partial charge in [0, 0.05) is 45.1 Å². The van der Waals surface area contributed by atoms with Crippen molar-refractivity contribution in [3.63, 3.8) is 0 Å². The van der Waals surface area contributed by atoms with Gasteiger partial charge in [0.25, 0.3) is 0 Å². The average Bonchev–Trinajstić information content (AvgIpc) is 2.71. The Balaban J connectivity index is 0.00000280. The first kappa shape index (κ1) is 22.4. The molecule has 0 saturated carbocycles. The highest BCUT2D eigenvalue weighted by Crippen LogP contribution is 2.19. The van der Waals surface area contributed by atoms with Crippen LogP contribution < -0.4 is 10.1 Å². The molecule has 152 valence electrons. The largest absolute Gasteiger partial charge is 0.490 e. The molecule has 5 nitrogen and oxygen atoms in total. The van der Waals surface area contributed by atoms with Crippen molar-refractivity contribution in [3.8, 4) is 5.75 Å². The maximum Gasteiger partial charge on any atom is 0.193 e. The molecule has 0 radical (unpaired) electrons. The highest BCUT2D eigenvalue weighted by molar-refractivity contribution is 14.0. The van der Waals surface area contributed by atoms with E-state index in [1.807, 2.05) is 30.3 Å². The minimum absolute atomic E-state index is 0. The zero-order chi connectivity index (χ0) is 19.1. The van der Waals surface area contributed by atoms with E-state index in [2.05, 4.69) is 15.2 Å². The van der Waals surface area contributed by atoms with Gasteiger partial charge >= 0.3 is 0 Å². The van der Waals surface area contributed by atoms with E-state index in [1.165, 1.54) is 6.07 Å². The number of aliphatic imine (C=N–C) groups is 1. The second kappa shape index (κ2) is 11.2. The van der Waals surface area contributed by atoms with Gasteiger partial charge in [0.2, 0.25) is 0 Å². The molecular formula is C21H27FIN3O2. The van der Waals surface area contributed by atoms with Gasteiger partial charge in [-0.25, -0.2) is 4.39 Å². The minimum atomic E-state index is -0.383. The van der Waals surface area contributed by atoms with Gasteiger partial charge in [-0.15, -0.1) is 24.0 Å². The van der Waals surface area contributed by atoms with Crippen LogP contribution in [0, 0.1) is 5.82 Å². The Morgan fingerprint density at radius 1 is 1.21 bits per heavy atom. The molecule has 2 N–H and O–H groups in total. The molecule has 7 heteroatoms. The summed E-state index contributed by atoms with van der Waals surface area (Å²) in [6, 6.07) is 14.7. The summed E-state index contributed by atoms with van der Waals surface area (Å²) in [5, 5.41) is 12.5. The van der Waals surface area contributed by atoms with E-state index in [9.17, 15) is 9.50 Å². The summed E-state index contributed by atoms with van der Waals surface area (Å²) < 4.78 is 19.5. The topological polar surface area (TPSA) is 57.1 Å². The van der Waals surface area contributed by atoms with Gasteiger partial charge in [-0.2, -0.15) is 0 Å². The molecule has 1 aliphatic rings. The fraction of sp³-hybridized carbons (Fsp3) is 0.381. The van der Waals surface area contributed by atoms with E-state index in [0.717, 1.165) is 43.2 Å². The fourth-order valence-corrected chi connectivity index (χ4v) is 3.25. The number of guanidine groups is 1. The molecule has 2 aromatic rings.